The van der Waals surface area contributed by atoms with Crippen LogP contribution in [0.2, 0.25) is 0 Å². The molecule has 37 heavy (non-hydrogen) atoms. The van der Waals surface area contributed by atoms with Crippen LogP contribution >= 0.6 is 0 Å². The van der Waals surface area contributed by atoms with E-state index >= 15 is 0 Å². The second kappa shape index (κ2) is 9.49. The fraction of sp³-hybridized carbons (Fsp3) is 0.269. The van der Waals surface area contributed by atoms with Crippen LogP contribution in [-0.2, 0) is 13.1 Å². The van der Waals surface area contributed by atoms with E-state index < -0.39 is 5.92 Å². The van der Waals surface area contributed by atoms with Crippen molar-refractivity contribution in [3.05, 3.63) is 84.2 Å². The molecule has 11 heteroatoms. The average molecular weight is 507 g/mol. The summed E-state index contributed by atoms with van der Waals surface area (Å²) in [6.45, 7) is 1.25. The number of hydrogen-bond acceptors (Lipinski definition) is 6. The van der Waals surface area contributed by atoms with Crippen LogP contribution in [0.15, 0.2) is 67.3 Å². The summed E-state index contributed by atoms with van der Waals surface area (Å²) in [6, 6.07) is 14.2. The van der Waals surface area contributed by atoms with Crippen molar-refractivity contribution >= 4 is 27.9 Å². The van der Waals surface area contributed by atoms with Crippen molar-refractivity contribution in [2.75, 3.05) is 31.5 Å². The molecule has 0 saturated carbocycles. The zero-order chi connectivity index (χ0) is 25.4. The van der Waals surface area contributed by atoms with Crippen LogP contribution in [0.5, 0.6) is 0 Å². The van der Waals surface area contributed by atoms with E-state index in [-0.39, 0.29) is 18.9 Å². The Balaban J connectivity index is 1.26. The van der Waals surface area contributed by atoms with Crippen LogP contribution in [-0.4, -0.2) is 61.4 Å². The molecular weight excluding hydrogens is 481 g/mol. The number of nitrogens with zero attached hydrogens (tertiary/aromatic N) is 6. The highest BCUT2D eigenvalue weighted by Crippen LogP contribution is 2.27. The molecule has 0 spiro atoms. The van der Waals surface area contributed by atoms with Crippen molar-refractivity contribution in [1.82, 2.24) is 34.6 Å². The molecular formula is C26H25F3N8. The number of benzene rings is 2. The van der Waals surface area contributed by atoms with Gasteiger partial charge in [0, 0.05) is 36.9 Å². The summed E-state index contributed by atoms with van der Waals surface area (Å²) in [5.74, 6) is -2.47. The van der Waals surface area contributed by atoms with Gasteiger partial charge in [-0.05, 0) is 47.5 Å². The molecule has 0 aliphatic carbocycles. The second-order valence-corrected chi connectivity index (χ2v) is 9.32. The first-order valence-electron chi connectivity index (χ1n) is 12.0. The predicted octanol–water partition coefficient (Wildman–Crippen LogP) is 4.05. The molecule has 6 rings (SSSR count). The number of halogens is 3. The fourth-order valence-corrected chi connectivity index (χ4v) is 4.82. The Morgan fingerprint density at radius 3 is 2.86 bits per heavy atom. The SMILES string of the molecule is Fc1cccc(Cn2ncc3cc(Nc4ncnn5ccc(CN6CCNCC(F)(F)C6)c45)ccc32)c1. The number of aromatic nitrogens is 5. The van der Waals surface area contributed by atoms with E-state index in [4.69, 9.17) is 0 Å². The lowest BCUT2D eigenvalue weighted by Gasteiger charge is -2.23. The summed E-state index contributed by atoms with van der Waals surface area (Å²) in [6.07, 6.45) is 5.04. The molecule has 190 valence electrons. The van der Waals surface area contributed by atoms with Gasteiger partial charge in [0.1, 0.15) is 17.7 Å². The topological polar surface area (TPSA) is 75.3 Å². The number of rotatable bonds is 6. The Kier molecular flexibility index (Phi) is 6.01. The Morgan fingerprint density at radius 2 is 1.97 bits per heavy atom. The summed E-state index contributed by atoms with van der Waals surface area (Å²) in [4.78, 5) is 6.20. The fourth-order valence-electron chi connectivity index (χ4n) is 4.82. The Labute approximate surface area is 210 Å². The van der Waals surface area contributed by atoms with Crippen LogP contribution in [0.25, 0.3) is 16.4 Å². The molecule has 0 bridgehead atoms. The second-order valence-electron chi connectivity index (χ2n) is 9.32. The number of fused-ring (bicyclic) bond motifs is 2. The van der Waals surface area contributed by atoms with Gasteiger partial charge in [0.25, 0.3) is 5.92 Å². The molecule has 1 aliphatic heterocycles. The van der Waals surface area contributed by atoms with E-state index in [1.54, 1.807) is 21.7 Å². The first kappa shape index (κ1) is 23.4. The van der Waals surface area contributed by atoms with Gasteiger partial charge in [0.05, 0.1) is 31.3 Å². The highest BCUT2D eigenvalue weighted by atomic mass is 19.3. The molecule has 0 unspecified atom stereocenters. The lowest BCUT2D eigenvalue weighted by Crippen LogP contribution is -2.38. The Hall–Kier alpha value is -3.96. The maximum atomic E-state index is 14.1. The van der Waals surface area contributed by atoms with Gasteiger partial charge in [-0.3, -0.25) is 9.58 Å². The molecule has 2 aromatic carbocycles. The smallest absolute Gasteiger partial charge is 0.272 e. The van der Waals surface area contributed by atoms with Gasteiger partial charge in [-0.15, -0.1) is 0 Å². The summed E-state index contributed by atoms with van der Waals surface area (Å²) >= 11 is 0. The summed E-state index contributed by atoms with van der Waals surface area (Å²) in [7, 11) is 0. The molecule has 1 saturated heterocycles. The Bertz CT molecular complexity index is 1560. The lowest BCUT2D eigenvalue weighted by molar-refractivity contribution is -0.0200. The largest absolute Gasteiger partial charge is 0.338 e. The summed E-state index contributed by atoms with van der Waals surface area (Å²) < 4.78 is 45.4. The van der Waals surface area contributed by atoms with Crippen LogP contribution in [0.4, 0.5) is 24.7 Å². The number of hydrogen-bond donors (Lipinski definition) is 2. The predicted molar refractivity (Wildman–Crippen MR) is 135 cm³/mol. The molecule has 4 heterocycles. The van der Waals surface area contributed by atoms with E-state index in [1.807, 2.05) is 41.2 Å². The van der Waals surface area contributed by atoms with Crippen molar-refractivity contribution in [3.8, 4) is 0 Å². The van der Waals surface area contributed by atoms with Crippen molar-refractivity contribution < 1.29 is 13.2 Å². The maximum absolute atomic E-state index is 14.1. The zero-order valence-electron chi connectivity index (χ0n) is 19.9. The molecule has 5 aromatic rings. The van der Waals surface area contributed by atoms with Crippen LogP contribution in [0.3, 0.4) is 0 Å². The van der Waals surface area contributed by atoms with Gasteiger partial charge in [0.2, 0.25) is 0 Å². The van der Waals surface area contributed by atoms with Crippen molar-refractivity contribution in [2.24, 2.45) is 0 Å². The zero-order valence-corrected chi connectivity index (χ0v) is 19.9. The molecule has 1 fully saturated rings. The van der Waals surface area contributed by atoms with E-state index in [0.29, 0.717) is 32.0 Å². The van der Waals surface area contributed by atoms with Crippen LogP contribution in [0.1, 0.15) is 11.1 Å². The van der Waals surface area contributed by atoms with Gasteiger partial charge < -0.3 is 10.6 Å². The van der Waals surface area contributed by atoms with Gasteiger partial charge in [-0.25, -0.2) is 22.7 Å². The molecule has 2 N–H and O–H groups in total. The summed E-state index contributed by atoms with van der Waals surface area (Å²) in [5.41, 5.74) is 4.15. The molecule has 0 amide bonds. The normalized spacial score (nSPS) is 16.3. The van der Waals surface area contributed by atoms with E-state index in [2.05, 4.69) is 25.8 Å². The lowest BCUT2D eigenvalue weighted by atomic mass is 10.2. The van der Waals surface area contributed by atoms with Gasteiger partial charge in [-0.1, -0.05) is 12.1 Å². The molecule has 8 nitrogen and oxygen atoms in total. The molecule has 0 radical (unpaired) electrons. The van der Waals surface area contributed by atoms with Crippen LogP contribution in [0, 0.1) is 5.82 Å². The molecule has 0 atom stereocenters. The first-order chi connectivity index (χ1) is 17.9. The highest BCUT2D eigenvalue weighted by molar-refractivity contribution is 5.85. The molecule has 3 aromatic heterocycles. The van der Waals surface area contributed by atoms with Gasteiger partial charge in [0.15, 0.2) is 5.82 Å². The third-order valence-electron chi connectivity index (χ3n) is 6.50. The monoisotopic (exact) mass is 506 g/mol. The quantitative estimate of drug-likeness (QED) is 0.362. The minimum absolute atomic E-state index is 0.275. The number of nitrogens with one attached hydrogen (secondary N) is 2. The van der Waals surface area contributed by atoms with Gasteiger partial charge in [-0.2, -0.15) is 10.2 Å². The summed E-state index contributed by atoms with van der Waals surface area (Å²) in [5, 5.41) is 15.8. The standard InChI is InChI=1S/C26H25F3N8/c27-21-3-1-2-18(10-21)13-37-23-5-4-22(11-20(23)12-32-37)34-25-24-19(6-8-36(24)33-17-31-25)14-35-9-7-30-15-26(28,29)16-35/h1-6,8,10-12,17,30H,7,9,13-16H2,(H,31,33,34). The number of alkyl halides is 2. The maximum Gasteiger partial charge on any atom is 0.272 e. The third kappa shape index (κ3) is 5.00. The highest BCUT2D eigenvalue weighted by Gasteiger charge is 2.33. The first-order valence-corrected chi connectivity index (χ1v) is 12.0. The van der Waals surface area contributed by atoms with Crippen molar-refractivity contribution in [2.45, 2.75) is 19.0 Å². The third-order valence-corrected chi connectivity index (χ3v) is 6.50. The molecule has 1 aliphatic rings. The van der Waals surface area contributed by atoms with Gasteiger partial charge >= 0.3 is 0 Å². The van der Waals surface area contributed by atoms with Crippen molar-refractivity contribution in [1.29, 1.82) is 0 Å². The van der Waals surface area contributed by atoms with Crippen LogP contribution < -0.4 is 10.6 Å². The minimum Gasteiger partial charge on any atom is -0.338 e. The van der Waals surface area contributed by atoms with Crippen molar-refractivity contribution in [3.63, 3.8) is 0 Å². The average Bonchev–Trinajstić information content (AvgIpc) is 3.41. The Morgan fingerprint density at radius 1 is 1.05 bits per heavy atom. The number of anilines is 2. The van der Waals surface area contributed by atoms with E-state index in [0.717, 1.165) is 33.2 Å². The van der Waals surface area contributed by atoms with E-state index in [1.165, 1.54) is 18.5 Å². The van der Waals surface area contributed by atoms with E-state index in [9.17, 15) is 13.2 Å². The minimum atomic E-state index is -2.78.